The van der Waals surface area contributed by atoms with E-state index >= 15 is 0 Å². The fourth-order valence-corrected chi connectivity index (χ4v) is 8.61. The molecular formula is C66H78N6O6. The van der Waals surface area contributed by atoms with Gasteiger partial charge in [0.15, 0.2) is 0 Å². The molecule has 0 aliphatic carbocycles. The minimum Gasteiger partial charge on any atom is -0.494 e. The van der Waals surface area contributed by atoms with Crippen molar-refractivity contribution in [3.63, 3.8) is 0 Å². The summed E-state index contributed by atoms with van der Waals surface area (Å²) in [7, 11) is 0. The molecule has 0 radical (unpaired) electrons. The Morgan fingerprint density at radius 3 is 1.31 bits per heavy atom. The molecule has 12 nitrogen and oxygen atoms in total. The molecule has 0 atom stereocenters. The van der Waals surface area contributed by atoms with E-state index in [0.29, 0.717) is 31.4 Å². The van der Waals surface area contributed by atoms with E-state index in [0.717, 1.165) is 44.9 Å². The van der Waals surface area contributed by atoms with Gasteiger partial charge in [0.25, 0.3) is 17.4 Å². The molecule has 78 heavy (non-hydrogen) atoms. The summed E-state index contributed by atoms with van der Waals surface area (Å²) in [6.07, 6.45) is 10.4. The number of urea groups is 1. The van der Waals surface area contributed by atoms with Gasteiger partial charge in [0.05, 0.1) is 5.70 Å². The number of barbiturate groups is 1. The average Bonchev–Trinajstić information content (AvgIpc) is 4.14. The summed E-state index contributed by atoms with van der Waals surface area (Å²) in [5, 5.41) is 10.8. The number of aliphatic imine (C=N–C) groups is 1. The number of carbonyl (C=O) groups is 3. The Hall–Kier alpha value is -8.64. The zero-order valence-corrected chi connectivity index (χ0v) is 47.2. The van der Waals surface area contributed by atoms with Crippen molar-refractivity contribution in [2.75, 3.05) is 13.1 Å². The minimum atomic E-state index is -0.566. The van der Waals surface area contributed by atoms with Gasteiger partial charge in [-0.3, -0.25) is 38.3 Å². The molecule has 408 valence electrons. The van der Waals surface area contributed by atoms with Gasteiger partial charge in [-0.2, -0.15) is 0 Å². The second-order valence-corrected chi connectivity index (χ2v) is 17.0. The van der Waals surface area contributed by atoms with Crippen LogP contribution in [-0.4, -0.2) is 65.8 Å². The number of benzene rings is 5. The third kappa shape index (κ3) is 16.4. The molecular weight excluding hydrogens is 973 g/mol. The van der Waals surface area contributed by atoms with Crippen LogP contribution in [0.4, 0.5) is 4.79 Å². The fourth-order valence-electron chi connectivity index (χ4n) is 8.61. The molecule has 4 amide bonds. The van der Waals surface area contributed by atoms with E-state index in [9.17, 15) is 29.1 Å². The first kappa shape index (κ1) is 61.9. The smallest absolute Gasteiger partial charge is 0.333 e. The molecule has 0 unspecified atom stereocenters. The quantitative estimate of drug-likeness (QED) is 0.0801. The molecule has 0 bridgehead atoms. The van der Waals surface area contributed by atoms with E-state index in [1.165, 1.54) is 25.0 Å². The van der Waals surface area contributed by atoms with Crippen LogP contribution < -0.4 is 11.2 Å². The molecule has 1 fully saturated rings. The third-order valence-electron chi connectivity index (χ3n) is 12.4. The lowest BCUT2D eigenvalue weighted by Gasteiger charge is -2.34. The molecule has 5 aromatic carbocycles. The predicted octanol–water partition coefficient (Wildman–Crippen LogP) is 13.0. The Morgan fingerprint density at radius 2 is 0.897 bits per heavy atom. The molecule has 2 aromatic heterocycles. The topological polar surface area (TPSA) is 139 Å². The highest BCUT2D eigenvalue weighted by Crippen LogP contribution is 2.27. The van der Waals surface area contributed by atoms with E-state index in [-0.39, 0.29) is 43.2 Å². The minimum absolute atomic E-state index is 0.00374. The molecule has 9 rings (SSSR count). The van der Waals surface area contributed by atoms with Crippen molar-refractivity contribution < 1.29 is 19.5 Å². The number of aryl methyl sites for hydroxylation is 3. The number of aromatic hydroxyl groups is 1. The molecule has 1 saturated heterocycles. The first-order chi connectivity index (χ1) is 38.1. The Balaban J connectivity index is 0.000000304. The van der Waals surface area contributed by atoms with Gasteiger partial charge in [-0.1, -0.05) is 195 Å². The van der Waals surface area contributed by atoms with Crippen LogP contribution in [0.1, 0.15) is 100 Å². The molecule has 4 heterocycles. The van der Waals surface area contributed by atoms with E-state index in [2.05, 4.69) is 9.56 Å². The summed E-state index contributed by atoms with van der Waals surface area (Å²) >= 11 is 0. The Bertz CT molecular complexity index is 3150. The maximum absolute atomic E-state index is 13.6. The zero-order chi connectivity index (χ0) is 57.0. The predicted molar refractivity (Wildman–Crippen MR) is 320 cm³/mol. The second-order valence-electron chi connectivity index (χ2n) is 17.0. The summed E-state index contributed by atoms with van der Waals surface area (Å²) in [5.41, 5.74) is 7.37. The summed E-state index contributed by atoms with van der Waals surface area (Å²) < 4.78 is 4.57. The van der Waals surface area contributed by atoms with Crippen LogP contribution in [0.2, 0.25) is 0 Å². The van der Waals surface area contributed by atoms with Crippen molar-refractivity contribution in [1.82, 2.24) is 23.5 Å². The van der Waals surface area contributed by atoms with E-state index < -0.39 is 29.1 Å². The van der Waals surface area contributed by atoms with Gasteiger partial charge in [0.2, 0.25) is 5.88 Å². The number of hydrogen-bond acceptors (Lipinski definition) is 7. The van der Waals surface area contributed by atoms with Crippen molar-refractivity contribution in [3.05, 3.63) is 247 Å². The van der Waals surface area contributed by atoms with Gasteiger partial charge in [-0.05, 0) is 110 Å². The zero-order valence-electron chi connectivity index (χ0n) is 47.2. The molecule has 1 N–H and O–H groups in total. The summed E-state index contributed by atoms with van der Waals surface area (Å²) in [5.74, 6) is -1.44. The third-order valence-corrected chi connectivity index (χ3v) is 12.4. The highest BCUT2D eigenvalue weighted by molar-refractivity contribution is 6.31. The SMILES string of the molecule is CC.CC.CC.CC.Cc1cc(C=C2C(=O)N(CCc3ccccc3)C(=O)N(CCc3ccccc3)C2=O)c(C)n1-c1ccccc1.O=c1c(C=C2C=CC=N2)c(O)n(CCc2ccccc2)c(=O)n1CCc1ccccc1. The van der Waals surface area contributed by atoms with Gasteiger partial charge >= 0.3 is 11.7 Å². The lowest BCUT2D eigenvalue weighted by atomic mass is 10.0. The number of hydrogen-bond donors (Lipinski definition) is 1. The monoisotopic (exact) mass is 1050 g/mol. The average molecular weight is 1050 g/mol. The van der Waals surface area contributed by atoms with E-state index in [1.807, 2.05) is 227 Å². The van der Waals surface area contributed by atoms with Gasteiger partial charge in [0.1, 0.15) is 11.1 Å². The van der Waals surface area contributed by atoms with Gasteiger partial charge < -0.3 is 9.67 Å². The van der Waals surface area contributed by atoms with Gasteiger partial charge in [0, 0.05) is 49.5 Å². The van der Waals surface area contributed by atoms with Crippen LogP contribution >= 0.6 is 0 Å². The maximum atomic E-state index is 13.6. The van der Waals surface area contributed by atoms with E-state index in [4.69, 9.17) is 0 Å². The molecule has 2 aliphatic heterocycles. The Morgan fingerprint density at radius 1 is 0.500 bits per heavy atom. The normalized spacial score (nSPS) is 12.7. The maximum Gasteiger partial charge on any atom is 0.333 e. The van der Waals surface area contributed by atoms with Crippen molar-refractivity contribution in [2.45, 2.75) is 108 Å². The Kier molecular flexibility index (Phi) is 26.0. The van der Waals surface area contributed by atoms with Crippen LogP contribution in [0, 0.1) is 13.8 Å². The number of allylic oxidation sites excluding steroid dienone is 2. The molecule has 2 aliphatic rings. The van der Waals surface area contributed by atoms with Crippen molar-refractivity contribution in [2.24, 2.45) is 4.99 Å². The van der Waals surface area contributed by atoms with Crippen LogP contribution in [0.3, 0.4) is 0 Å². The number of imide groups is 2. The largest absolute Gasteiger partial charge is 0.494 e. The van der Waals surface area contributed by atoms with Crippen LogP contribution in [-0.2, 0) is 48.4 Å². The summed E-state index contributed by atoms with van der Waals surface area (Å²) in [6, 6.07) is 50.2. The molecule has 7 aromatic rings. The lowest BCUT2D eigenvalue weighted by molar-refractivity contribution is -0.135. The first-order valence-electron chi connectivity index (χ1n) is 27.4. The number of aromatic nitrogens is 3. The molecule has 12 heteroatoms. The van der Waals surface area contributed by atoms with Crippen LogP contribution in [0.5, 0.6) is 5.88 Å². The fraction of sp³-hybridized carbons (Fsp3) is 0.273. The highest BCUT2D eigenvalue weighted by Gasteiger charge is 2.41. The van der Waals surface area contributed by atoms with Crippen LogP contribution in [0.25, 0.3) is 17.8 Å². The van der Waals surface area contributed by atoms with Crippen molar-refractivity contribution in [1.29, 1.82) is 0 Å². The number of rotatable bonds is 15. The molecule has 0 saturated carbocycles. The lowest BCUT2D eigenvalue weighted by Crippen LogP contribution is -2.57. The summed E-state index contributed by atoms with van der Waals surface area (Å²) in [4.78, 5) is 73.6. The van der Waals surface area contributed by atoms with Gasteiger partial charge in [-0.25, -0.2) is 9.59 Å². The highest BCUT2D eigenvalue weighted by atomic mass is 16.3. The summed E-state index contributed by atoms with van der Waals surface area (Å²) in [6.45, 7) is 20.8. The van der Waals surface area contributed by atoms with Crippen molar-refractivity contribution in [3.8, 4) is 11.6 Å². The first-order valence-corrected chi connectivity index (χ1v) is 27.4. The van der Waals surface area contributed by atoms with Crippen LogP contribution in [0.15, 0.2) is 196 Å². The number of amides is 4. The second kappa shape index (κ2) is 32.7. The van der Waals surface area contributed by atoms with Crippen molar-refractivity contribution >= 4 is 36.2 Å². The van der Waals surface area contributed by atoms with E-state index in [1.54, 1.807) is 24.4 Å². The van der Waals surface area contributed by atoms with Gasteiger partial charge in [-0.15, -0.1) is 0 Å². The number of carbonyl (C=O) groups excluding carboxylic acids is 3. The Labute approximate surface area is 461 Å². The number of nitrogens with zero attached hydrogens (tertiary/aromatic N) is 6. The number of para-hydroxylation sites is 1. The molecule has 0 spiro atoms. The standard InChI is InChI=1S/C33H31N3O3.C25H23N3O3.4C2H6/c1-24-22-28(25(2)36(24)29-16-10-5-11-17-29)23-30-31(37)34(20-18-26-12-6-3-7-13-26)33(39)35(32(30)38)21-19-27-14-8-4-9-15-27;29-23-22(18-21-12-7-15-26-21)24(30)28(17-14-20-10-5-2-6-11-20)25(31)27(23)16-13-19-8-3-1-4-9-19;4*1-2/h3-17,22-23H,18-21H2,1-2H3;1-12,15,18,29H,13-14,16-17H2;4*1-2H3.